The summed E-state index contributed by atoms with van der Waals surface area (Å²) in [4.78, 5) is 5.45. The minimum Gasteiger partial charge on any atom is -0.386 e. The number of alkyl halides is 2. The summed E-state index contributed by atoms with van der Waals surface area (Å²) >= 11 is 5.22. The van der Waals surface area contributed by atoms with E-state index in [0.29, 0.717) is 5.84 Å². The van der Waals surface area contributed by atoms with Gasteiger partial charge < -0.3 is 29.5 Å². The Balaban J connectivity index is 1.85. The predicted octanol–water partition coefficient (Wildman–Crippen LogP) is 0.916. The van der Waals surface area contributed by atoms with Gasteiger partial charge in [0.2, 0.25) is 0 Å². The Morgan fingerprint density at radius 1 is 1.56 bits per heavy atom. The lowest BCUT2D eigenvalue weighted by molar-refractivity contribution is -0.208. The first-order valence-corrected chi connectivity index (χ1v) is 10.2. The molecule has 0 aromatic carbocycles. The molecule has 0 aliphatic carbocycles. The zero-order valence-corrected chi connectivity index (χ0v) is 15.3. The highest BCUT2D eigenvalue weighted by atomic mass is 32.5. The molecule has 3 N–H and O–H groups in total. The van der Waals surface area contributed by atoms with Crippen molar-refractivity contribution in [1.29, 1.82) is 0 Å². The molecule has 0 aromatic heterocycles. The van der Waals surface area contributed by atoms with Crippen LogP contribution in [0, 0.1) is 0 Å². The Morgan fingerprint density at radius 3 is 2.84 bits per heavy atom. The largest absolute Gasteiger partial charge is 0.386 e. The fourth-order valence-electron chi connectivity index (χ4n) is 2.83. The predicted molar refractivity (Wildman–Crippen MR) is 88.4 cm³/mol. The Labute approximate surface area is 148 Å². The molecule has 2 saturated heterocycles. The van der Waals surface area contributed by atoms with Gasteiger partial charge in [0.05, 0.1) is 12.7 Å². The molecule has 3 aliphatic rings. The van der Waals surface area contributed by atoms with Crippen molar-refractivity contribution in [2.24, 2.45) is 10.7 Å². The second-order valence-electron chi connectivity index (χ2n) is 6.21. The third-order valence-electron chi connectivity index (χ3n) is 4.00. The molecule has 3 aliphatic heterocycles. The van der Waals surface area contributed by atoms with Crippen LogP contribution in [0.15, 0.2) is 17.3 Å². The van der Waals surface area contributed by atoms with Crippen LogP contribution in [-0.2, 0) is 30.1 Å². The summed E-state index contributed by atoms with van der Waals surface area (Å²) in [5.41, 5.74) is 3.41. The van der Waals surface area contributed by atoms with E-state index in [1.165, 1.54) is 17.2 Å². The number of hydrogen-bond acceptors (Lipinski definition) is 9. The van der Waals surface area contributed by atoms with Crippen LogP contribution in [0.2, 0.25) is 0 Å². The van der Waals surface area contributed by atoms with Crippen molar-refractivity contribution in [3.8, 4) is 0 Å². The van der Waals surface area contributed by atoms with Crippen molar-refractivity contribution in [2.75, 3.05) is 13.3 Å². The molecule has 0 saturated carbocycles. The summed E-state index contributed by atoms with van der Waals surface area (Å²) in [5.74, 6) is 0.296. The monoisotopic (exact) mass is 399 g/mol. The Kier molecular flexibility index (Phi) is 5.20. The van der Waals surface area contributed by atoms with E-state index in [2.05, 4.69) is 4.99 Å². The number of fused-ring (bicyclic) bond motifs is 1. The van der Waals surface area contributed by atoms with Crippen LogP contribution in [0.3, 0.4) is 0 Å². The van der Waals surface area contributed by atoms with Gasteiger partial charge in [-0.25, -0.2) is 13.8 Å². The third-order valence-corrected chi connectivity index (χ3v) is 6.45. The molecule has 5 atom stereocenters. The molecule has 3 heterocycles. The summed E-state index contributed by atoms with van der Waals surface area (Å²) in [7, 11) is 0. The molecule has 25 heavy (non-hydrogen) atoms. The Bertz CT molecular complexity index is 637. The number of halogens is 2. The Morgan fingerprint density at radius 2 is 2.28 bits per heavy atom. The van der Waals surface area contributed by atoms with Crippen LogP contribution in [0.4, 0.5) is 8.78 Å². The first-order chi connectivity index (χ1) is 11.7. The SMILES string of the molecule is CC(C)OP1(=S)OCC2(C(F)F)OC(N3C=CC(N)=NC3)C(O)C2O1. The van der Waals surface area contributed by atoms with Gasteiger partial charge in [-0.15, -0.1) is 0 Å². The van der Waals surface area contributed by atoms with Crippen LogP contribution in [0.1, 0.15) is 13.8 Å². The lowest BCUT2D eigenvalue weighted by Crippen LogP contribution is -2.56. The van der Waals surface area contributed by atoms with Gasteiger partial charge in [0, 0.05) is 6.20 Å². The molecule has 0 bridgehead atoms. The highest BCUT2D eigenvalue weighted by Crippen LogP contribution is 2.60. The van der Waals surface area contributed by atoms with E-state index in [1.54, 1.807) is 13.8 Å². The van der Waals surface area contributed by atoms with E-state index < -0.39 is 43.8 Å². The topological polar surface area (TPSA) is 98.8 Å². The summed E-state index contributed by atoms with van der Waals surface area (Å²) in [6.07, 6.45) is -4.14. The van der Waals surface area contributed by atoms with Crippen LogP contribution in [0.5, 0.6) is 0 Å². The highest BCUT2D eigenvalue weighted by molar-refractivity contribution is 8.07. The van der Waals surface area contributed by atoms with Crippen LogP contribution < -0.4 is 5.73 Å². The maximum atomic E-state index is 13.8. The first-order valence-electron chi connectivity index (χ1n) is 7.66. The molecule has 0 spiro atoms. The van der Waals surface area contributed by atoms with Crippen molar-refractivity contribution in [3.63, 3.8) is 0 Å². The van der Waals surface area contributed by atoms with Gasteiger partial charge in [-0.2, -0.15) is 0 Å². The number of ether oxygens (including phenoxy) is 1. The molecule has 0 amide bonds. The van der Waals surface area contributed by atoms with E-state index in [0.717, 1.165) is 0 Å². The quantitative estimate of drug-likeness (QED) is 0.674. The number of aliphatic hydroxyl groups excluding tert-OH is 1. The number of aliphatic hydroxyl groups is 1. The van der Waals surface area contributed by atoms with Crippen molar-refractivity contribution in [3.05, 3.63) is 12.3 Å². The molecule has 0 radical (unpaired) electrons. The Hall–Kier alpha value is -0.680. The number of amidine groups is 1. The van der Waals surface area contributed by atoms with Crippen molar-refractivity contribution in [1.82, 2.24) is 4.90 Å². The standard InChI is InChI=1S/C13H20F2N3O5PS/c1-7(2)22-24(25)20-5-13(12(14)15)10(23-24)9(19)11(21-13)18-4-3-8(16)17-6-18/h3-4,7,9-12,19H,5-6H2,1-2H3,(H2,16,17). The molecule has 0 aromatic rings. The van der Waals surface area contributed by atoms with E-state index in [1.807, 2.05) is 0 Å². The second-order valence-corrected chi connectivity index (χ2v) is 9.13. The fraction of sp³-hybridized carbons (Fsp3) is 0.769. The van der Waals surface area contributed by atoms with E-state index in [-0.39, 0.29) is 12.8 Å². The van der Waals surface area contributed by atoms with Gasteiger partial charge in [0.25, 0.3) is 6.43 Å². The van der Waals surface area contributed by atoms with Gasteiger partial charge >= 0.3 is 6.72 Å². The number of nitrogens with zero attached hydrogens (tertiary/aromatic N) is 2. The van der Waals surface area contributed by atoms with Gasteiger partial charge in [0.1, 0.15) is 24.7 Å². The lowest BCUT2D eigenvalue weighted by atomic mass is 9.96. The van der Waals surface area contributed by atoms with Crippen LogP contribution in [-0.4, -0.2) is 65.7 Å². The van der Waals surface area contributed by atoms with E-state index >= 15 is 0 Å². The zero-order chi connectivity index (χ0) is 18.4. The van der Waals surface area contributed by atoms with Crippen molar-refractivity contribution in [2.45, 2.75) is 50.4 Å². The highest BCUT2D eigenvalue weighted by Gasteiger charge is 2.66. The number of rotatable bonds is 4. The van der Waals surface area contributed by atoms with Crippen LogP contribution >= 0.6 is 6.72 Å². The van der Waals surface area contributed by atoms with Gasteiger partial charge in [0.15, 0.2) is 11.8 Å². The molecule has 5 unspecified atom stereocenters. The van der Waals surface area contributed by atoms with Gasteiger partial charge in [-0.1, -0.05) is 0 Å². The molecular weight excluding hydrogens is 379 g/mol. The normalized spacial score (nSPS) is 41.3. The van der Waals surface area contributed by atoms with Crippen molar-refractivity contribution < 1.29 is 32.2 Å². The molecule has 3 rings (SSSR count). The number of aliphatic imine (C=N–C) groups is 1. The molecule has 2 fully saturated rings. The average molecular weight is 399 g/mol. The first kappa shape index (κ1) is 19.1. The molecular formula is C13H20F2N3O5PS. The lowest BCUT2D eigenvalue weighted by Gasteiger charge is -2.41. The molecule has 142 valence electrons. The minimum absolute atomic E-state index is 0.0631. The smallest absolute Gasteiger partial charge is 0.328 e. The minimum atomic E-state index is -3.26. The summed E-state index contributed by atoms with van der Waals surface area (Å²) in [5, 5.41) is 10.6. The third kappa shape index (κ3) is 3.46. The average Bonchev–Trinajstić information content (AvgIpc) is 2.81. The van der Waals surface area contributed by atoms with Crippen molar-refractivity contribution >= 4 is 24.4 Å². The maximum absolute atomic E-state index is 13.8. The fourth-order valence-corrected chi connectivity index (χ4v) is 5.42. The van der Waals surface area contributed by atoms with Crippen LogP contribution in [0.25, 0.3) is 0 Å². The summed E-state index contributed by atoms with van der Waals surface area (Å²) < 4.78 is 49.5. The zero-order valence-electron chi connectivity index (χ0n) is 13.6. The second kappa shape index (κ2) is 6.80. The molecule has 8 nitrogen and oxygen atoms in total. The van der Waals surface area contributed by atoms with E-state index in [4.69, 9.17) is 35.8 Å². The number of nitrogens with two attached hydrogens (primary N) is 1. The van der Waals surface area contributed by atoms with Gasteiger partial charge in [-0.3, -0.25) is 4.52 Å². The molecule has 12 heteroatoms. The number of hydrogen-bond donors (Lipinski definition) is 2. The summed E-state index contributed by atoms with van der Waals surface area (Å²) in [6.45, 7) is -0.282. The van der Waals surface area contributed by atoms with E-state index in [9.17, 15) is 13.9 Å². The maximum Gasteiger partial charge on any atom is 0.328 e. The van der Waals surface area contributed by atoms with Gasteiger partial charge in [-0.05, 0) is 31.7 Å². The summed E-state index contributed by atoms with van der Waals surface area (Å²) in [6, 6.07) is 0.